The number of carbonyl (C=O) groups excluding carboxylic acids is 1. The summed E-state index contributed by atoms with van der Waals surface area (Å²) < 4.78 is 5.04. The molecule has 1 unspecified atom stereocenters. The van der Waals surface area contributed by atoms with Crippen molar-refractivity contribution in [3.05, 3.63) is 0 Å². The van der Waals surface area contributed by atoms with Gasteiger partial charge in [0.2, 0.25) is 0 Å². The number of rotatable bonds is 8. The number of ether oxygens (including phenoxy) is 1. The summed E-state index contributed by atoms with van der Waals surface area (Å²) in [6.45, 7) is 8.14. The normalized spacial score (nSPS) is 22.6. The highest BCUT2D eigenvalue weighted by Crippen LogP contribution is 2.33. The Morgan fingerprint density at radius 2 is 1.79 bits per heavy atom. The third-order valence-electron chi connectivity index (χ3n) is 6.27. The minimum absolute atomic E-state index is 0. The number of piperidine rings is 1. The molecule has 0 bridgehead atoms. The molecule has 0 aromatic carbocycles. The lowest BCUT2D eigenvalue weighted by molar-refractivity contribution is 0.147. The lowest BCUT2D eigenvalue weighted by atomic mass is 10.0. The van der Waals surface area contributed by atoms with Crippen LogP contribution < -0.4 is 16.0 Å². The molecule has 2 aliphatic carbocycles. The SMILES string of the molecule is CCNC(=NCC(NC(=O)OCC)C1CC1)NC1CCN(C2CCCC2)CC1.I. The number of alkyl carbamates (subject to hydrolysis) is 1. The van der Waals surface area contributed by atoms with Gasteiger partial charge in [-0.2, -0.15) is 0 Å². The van der Waals surface area contributed by atoms with Crippen molar-refractivity contribution in [1.82, 2.24) is 20.9 Å². The highest BCUT2D eigenvalue weighted by molar-refractivity contribution is 14.0. The number of aliphatic imine (C=N–C) groups is 1. The number of likely N-dealkylation sites (tertiary alicyclic amines) is 1. The van der Waals surface area contributed by atoms with E-state index in [1.807, 2.05) is 6.92 Å². The maximum atomic E-state index is 11.8. The van der Waals surface area contributed by atoms with Crippen LogP contribution in [0.25, 0.3) is 0 Å². The fourth-order valence-corrected chi connectivity index (χ4v) is 4.52. The van der Waals surface area contributed by atoms with Crippen LogP contribution in [0.15, 0.2) is 4.99 Å². The number of hydrogen-bond acceptors (Lipinski definition) is 4. The Kier molecular flexibility index (Phi) is 10.8. The van der Waals surface area contributed by atoms with Crippen molar-refractivity contribution in [3.63, 3.8) is 0 Å². The van der Waals surface area contributed by atoms with Crippen LogP contribution in [0.2, 0.25) is 0 Å². The van der Waals surface area contributed by atoms with Crippen LogP contribution in [0.1, 0.15) is 65.2 Å². The molecule has 1 aliphatic heterocycles. The van der Waals surface area contributed by atoms with Gasteiger partial charge in [-0.3, -0.25) is 4.99 Å². The number of carbonyl (C=O) groups is 1. The number of halogens is 1. The predicted molar refractivity (Wildman–Crippen MR) is 128 cm³/mol. The quantitative estimate of drug-likeness (QED) is 0.260. The molecular weight excluding hydrogens is 481 g/mol. The largest absolute Gasteiger partial charge is 0.450 e. The van der Waals surface area contributed by atoms with Crippen molar-refractivity contribution in [1.29, 1.82) is 0 Å². The first-order chi connectivity index (χ1) is 13.7. The minimum Gasteiger partial charge on any atom is -0.450 e. The molecule has 2 saturated carbocycles. The zero-order chi connectivity index (χ0) is 19.8. The molecule has 8 heteroatoms. The first-order valence-corrected chi connectivity index (χ1v) is 11.4. The Hall–Kier alpha value is -0.770. The molecule has 1 saturated heterocycles. The molecular formula is C21H40IN5O2. The summed E-state index contributed by atoms with van der Waals surface area (Å²) >= 11 is 0. The van der Waals surface area contributed by atoms with E-state index in [2.05, 4.69) is 27.8 Å². The summed E-state index contributed by atoms with van der Waals surface area (Å²) in [7, 11) is 0. The first kappa shape index (κ1) is 24.5. The van der Waals surface area contributed by atoms with E-state index in [0.717, 1.165) is 31.4 Å². The van der Waals surface area contributed by atoms with Gasteiger partial charge in [-0.1, -0.05) is 12.8 Å². The van der Waals surface area contributed by atoms with Gasteiger partial charge in [0.05, 0.1) is 19.2 Å². The van der Waals surface area contributed by atoms with E-state index in [-0.39, 0.29) is 36.1 Å². The van der Waals surface area contributed by atoms with Gasteiger partial charge in [-0.25, -0.2) is 4.79 Å². The van der Waals surface area contributed by atoms with Crippen molar-refractivity contribution in [2.24, 2.45) is 10.9 Å². The van der Waals surface area contributed by atoms with Gasteiger partial charge in [0.15, 0.2) is 5.96 Å². The molecule has 3 rings (SSSR count). The van der Waals surface area contributed by atoms with Gasteiger partial charge in [0, 0.05) is 31.7 Å². The lowest BCUT2D eigenvalue weighted by Crippen LogP contribution is -2.50. The molecule has 3 N–H and O–H groups in total. The van der Waals surface area contributed by atoms with E-state index < -0.39 is 0 Å². The predicted octanol–water partition coefficient (Wildman–Crippen LogP) is 3.09. The van der Waals surface area contributed by atoms with E-state index in [4.69, 9.17) is 9.73 Å². The molecule has 0 aromatic rings. The highest BCUT2D eigenvalue weighted by Gasteiger charge is 2.33. The highest BCUT2D eigenvalue weighted by atomic mass is 127. The van der Waals surface area contributed by atoms with Crippen molar-refractivity contribution in [2.45, 2.75) is 83.3 Å². The zero-order valence-corrected chi connectivity index (χ0v) is 20.5. The van der Waals surface area contributed by atoms with Crippen molar-refractivity contribution in [2.75, 3.05) is 32.8 Å². The summed E-state index contributed by atoms with van der Waals surface area (Å²) in [5, 5.41) is 9.99. The third kappa shape index (κ3) is 8.11. The summed E-state index contributed by atoms with van der Waals surface area (Å²) in [5.41, 5.74) is 0. The maximum Gasteiger partial charge on any atom is 0.407 e. The van der Waals surface area contributed by atoms with Gasteiger partial charge in [-0.15, -0.1) is 24.0 Å². The Labute approximate surface area is 193 Å². The van der Waals surface area contributed by atoms with E-state index in [1.54, 1.807) is 0 Å². The molecule has 168 valence electrons. The second-order valence-electron chi connectivity index (χ2n) is 8.42. The second-order valence-corrected chi connectivity index (χ2v) is 8.42. The third-order valence-corrected chi connectivity index (χ3v) is 6.27. The average Bonchev–Trinajstić information content (AvgIpc) is 3.39. The van der Waals surface area contributed by atoms with Crippen LogP contribution in [-0.2, 0) is 4.74 Å². The van der Waals surface area contributed by atoms with Crippen LogP contribution in [0.4, 0.5) is 4.79 Å². The Balaban J connectivity index is 0.00000300. The Bertz CT molecular complexity index is 515. The van der Waals surface area contributed by atoms with E-state index in [0.29, 0.717) is 25.1 Å². The monoisotopic (exact) mass is 521 g/mol. The molecule has 0 aromatic heterocycles. The van der Waals surface area contributed by atoms with Crippen LogP contribution in [0.3, 0.4) is 0 Å². The van der Waals surface area contributed by atoms with Gasteiger partial charge >= 0.3 is 6.09 Å². The van der Waals surface area contributed by atoms with Crippen LogP contribution in [-0.4, -0.2) is 67.9 Å². The van der Waals surface area contributed by atoms with Crippen LogP contribution >= 0.6 is 24.0 Å². The Morgan fingerprint density at radius 3 is 2.38 bits per heavy atom. The van der Waals surface area contributed by atoms with Crippen LogP contribution in [0.5, 0.6) is 0 Å². The zero-order valence-electron chi connectivity index (χ0n) is 18.1. The molecule has 0 spiro atoms. The van der Waals surface area contributed by atoms with E-state index in [1.165, 1.54) is 51.6 Å². The molecule has 1 heterocycles. The number of nitrogens with one attached hydrogen (secondary N) is 3. The molecule has 7 nitrogen and oxygen atoms in total. The summed E-state index contributed by atoms with van der Waals surface area (Å²) in [5.74, 6) is 1.41. The topological polar surface area (TPSA) is 78.0 Å². The average molecular weight is 521 g/mol. The molecule has 0 radical (unpaired) electrons. The van der Waals surface area contributed by atoms with E-state index in [9.17, 15) is 4.79 Å². The van der Waals surface area contributed by atoms with Crippen molar-refractivity contribution >= 4 is 36.0 Å². The number of guanidine groups is 1. The lowest BCUT2D eigenvalue weighted by Gasteiger charge is -2.36. The summed E-state index contributed by atoms with van der Waals surface area (Å²) in [6.07, 6.45) is 9.93. The second kappa shape index (κ2) is 12.8. The standard InChI is InChI=1S/C21H39N5O2.HI/c1-3-22-20(23-15-19(16-9-10-16)25-21(27)28-4-2)24-17-11-13-26(14-12-17)18-7-5-6-8-18;/h16-19H,3-15H2,1-2H3,(H,25,27)(H2,22,23,24);1H. The summed E-state index contributed by atoms with van der Waals surface area (Å²) in [6, 6.07) is 1.38. The van der Waals surface area contributed by atoms with Crippen molar-refractivity contribution in [3.8, 4) is 0 Å². The smallest absolute Gasteiger partial charge is 0.407 e. The number of nitrogens with zero attached hydrogens (tertiary/aromatic N) is 2. The fourth-order valence-electron chi connectivity index (χ4n) is 4.52. The Morgan fingerprint density at radius 1 is 1.10 bits per heavy atom. The van der Waals surface area contributed by atoms with Crippen LogP contribution in [0, 0.1) is 5.92 Å². The fraction of sp³-hybridized carbons (Fsp3) is 0.905. The van der Waals surface area contributed by atoms with Gasteiger partial charge in [0.25, 0.3) is 0 Å². The molecule has 3 aliphatic rings. The molecule has 1 amide bonds. The number of hydrogen-bond donors (Lipinski definition) is 3. The minimum atomic E-state index is -0.327. The summed E-state index contributed by atoms with van der Waals surface area (Å²) in [4.78, 5) is 19.3. The van der Waals surface area contributed by atoms with Gasteiger partial charge in [0.1, 0.15) is 0 Å². The maximum absolute atomic E-state index is 11.8. The van der Waals surface area contributed by atoms with Gasteiger partial charge < -0.3 is 25.6 Å². The van der Waals surface area contributed by atoms with Crippen molar-refractivity contribution < 1.29 is 9.53 Å². The van der Waals surface area contributed by atoms with Gasteiger partial charge in [-0.05, 0) is 58.3 Å². The van der Waals surface area contributed by atoms with E-state index >= 15 is 0 Å². The first-order valence-electron chi connectivity index (χ1n) is 11.4. The molecule has 1 atom stereocenters. The molecule has 29 heavy (non-hydrogen) atoms. The number of amides is 1. The molecule has 3 fully saturated rings.